The molecule has 0 aromatic heterocycles. The zero-order valence-electron chi connectivity index (χ0n) is 32.0. The number of aliphatic hydroxyl groups is 2. The molecule has 0 fully saturated rings. The van der Waals surface area contributed by atoms with Gasteiger partial charge in [-0.15, -0.1) is 0 Å². The van der Waals surface area contributed by atoms with Gasteiger partial charge in [0.25, 0.3) is 0 Å². The summed E-state index contributed by atoms with van der Waals surface area (Å²) in [5.41, 5.74) is 2.92. The van der Waals surface area contributed by atoms with Crippen molar-refractivity contribution in [2.75, 3.05) is 60.0 Å². The summed E-state index contributed by atoms with van der Waals surface area (Å²) in [6.07, 6.45) is -1.40. The second-order valence-corrected chi connectivity index (χ2v) is 14.4. The summed E-state index contributed by atoms with van der Waals surface area (Å²) in [4.78, 5) is 27.0. The lowest BCUT2D eigenvalue weighted by Crippen LogP contribution is -2.48. The summed E-state index contributed by atoms with van der Waals surface area (Å²) in [5, 5.41) is 28.6. The second-order valence-electron chi connectivity index (χ2n) is 14.4. The van der Waals surface area contributed by atoms with Gasteiger partial charge in [0.2, 0.25) is 5.91 Å². The Hall–Kier alpha value is -4.04. The molecule has 12 heteroatoms. The van der Waals surface area contributed by atoms with E-state index in [2.05, 4.69) is 10.6 Å². The van der Waals surface area contributed by atoms with E-state index >= 15 is 0 Å². The molecule has 3 aromatic rings. The molecule has 4 N–H and O–H groups in total. The van der Waals surface area contributed by atoms with Gasteiger partial charge in [-0.25, -0.2) is 4.79 Å². The number of hydrogen-bond donors (Lipinski definition) is 4. The lowest BCUT2D eigenvalue weighted by atomic mass is 9.88. The largest absolute Gasteiger partial charge is 0.491 e. The van der Waals surface area contributed by atoms with Crippen LogP contribution in [0.4, 0.5) is 4.79 Å². The molecule has 0 radical (unpaired) electrons. The minimum atomic E-state index is -1.10. The Labute approximate surface area is 319 Å². The van der Waals surface area contributed by atoms with E-state index in [0.717, 1.165) is 22.3 Å². The average Bonchev–Trinajstić information content (AvgIpc) is 3.45. The number of methoxy groups -OCH3 is 1. The van der Waals surface area contributed by atoms with E-state index < -0.39 is 41.9 Å². The number of benzene rings is 3. The van der Waals surface area contributed by atoms with E-state index in [1.807, 2.05) is 78.9 Å². The molecule has 0 saturated heterocycles. The Morgan fingerprint density at radius 1 is 0.778 bits per heavy atom. The van der Waals surface area contributed by atoms with Gasteiger partial charge >= 0.3 is 6.09 Å². The summed E-state index contributed by atoms with van der Waals surface area (Å²) in [6.45, 7) is 9.08. The standard InChI is InChI=1S/C42H58N2O10/c1-42(2,3)54-41(48)43-36(27-30-10-6-5-7-11-30)37(45)29-33(40(47)44-39-35-13-9-8-12-32(35)28-38(39)46)26-31-14-16-34(17-15-31)53-25-24-52-23-22-51-21-20-50-19-18-49-4/h5-17,33,36-39,45-46H,18-29H2,1-4H3,(H,43,48)(H,44,47)/t33?,36?,37?,38-,39-/m0/s1. The van der Waals surface area contributed by atoms with Crippen LogP contribution in [0.2, 0.25) is 0 Å². The van der Waals surface area contributed by atoms with Crippen LogP contribution in [0.3, 0.4) is 0 Å². The predicted octanol–water partition coefficient (Wildman–Crippen LogP) is 4.58. The van der Waals surface area contributed by atoms with Gasteiger partial charge in [-0.1, -0.05) is 66.7 Å². The number of amides is 2. The molecular formula is C42H58N2O10. The molecule has 5 atom stereocenters. The van der Waals surface area contributed by atoms with Crippen molar-refractivity contribution in [1.29, 1.82) is 0 Å². The molecule has 1 aliphatic carbocycles. The fourth-order valence-corrected chi connectivity index (χ4v) is 6.28. The molecule has 3 aromatic carbocycles. The molecule has 4 rings (SSSR count). The molecule has 0 bridgehead atoms. The zero-order chi connectivity index (χ0) is 38.8. The lowest BCUT2D eigenvalue weighted by molar-refractivity contribution is -0.127. The third kappa shape index (κ3) is 15.0. The van der Waals surface area contributed by atoms with Crippen molar-refractivity contribution in [2.45, 2.75) is 76.3 Å². The van der Waals surface area contributed by atoms with Crippen LogP contribution in [-0.4, -0.2) is 106 Å². The number of carbonyl (C=O) groups excluding carboxylic acids is 2. The van der Waals surface area contributed by atoms with E-state index in [1.54, 1.807) is 27.9 Å². The smallest absolute Gasteiger partial charge is 0.407 e. The summed E-state index contributed by atoms with van der Waals surface area (Å²) >= 11 is 0. The van der Waals surface area contributed by atoms with Gasteiger partial charge in [0.05, 0.1) is 70.5 Å². The molecular weight excluding hydrogens is 692 g/mol. The third-order valence-electron chi connectivity index (χ3n) is 8.94. The highest BCUT2D eigenvalue weighted by molar-refractivity contribution is 5.80. The maximum absolute atomic E-state index is 14.1. The van der Waals surface area contributed by atoms with Crippen LogP contribution >= 0.6 is 0 Å². The fraction of sp³-hybridized carbons (Fsp3) is 0.524. The first-order valence-electron chi connectivity index (χ1n) is 18.7. The number of alkyl carbamates (subject to hydrolysis) is 1. The molecule has 0 heterocycles. The number of ether oxygens (including phenoxy) is 6. The number of aliphatic hydroxyl groups excluding tert-OH is 2. The number of fused-ring (bicyclic) bond motifs is 1. The maximum Gasteiger partial charge on any atom is 0.407 e. The highest BCUT2D eigenvalue weighted by Crippen LogP contribution is 2.32. The highest BCUT2D eigenvalue weighted by atomic mass is 16.6. The van der Waals surface area contributed by atoms with Crippen LogP contribution in [-0.2, 0) is 47.7 Å². The quantitative estimate of drug-likeness (QED) is 0.101. The van der Waals surface area contributed by atoms with Crippen molar-refractivity contribution < 1.29 is 48.2 Å². The first kappa shape index (κ1) is 42.7. The predicted molar refractivity (Wildman–Crippen MR) is 204 cm³/mol. The molecule has 1 aliphatic rings. The number of nitrogens with one attached hydrogen (secondary N) is 2. The van der Waals surface area contributed by atoms with Gasteiger partial charge in [-0.05, 0) is 74.4 Å². The van der Waals surface area contributed by atoms with E-state index in [-0.39, 0.29) is 12.3 Å². The van der Waals surface area contributed by atoms with Crippen LogP contribution in [0, 0.1) is 5.92 Å². The lowest BCUT2D eigenvalue weighted by Gasteiger charge is -2.29. The van der Waals surface area contributed by atoms with E-state index in [1.165, 1.54) is 0 Å². The SMILES string of the molecule is COCCOCCOCCOCCOc1ccc(CC(CC(O)C(Cc2ccccc2)NC(=O)OC(C)(C)C)C(=O)N[C@H]2c3ccccc3C[C@@H]2O)cc1. The first-order valence-corrected chi connectivity index (χ1v) is 18.7. The molecule has 296 valence electrons. The fourth-order valence-electron chi connectivity index (χ4n) is 6.28. The van der Waals surface area contributed by atoms with E-state index in [4.69, 9.17) is 28.4 Å². The molecule has 0 spiro atoms. The molecule has 12 nitrogen and oxygen atoms in total. The average molecular weight is 751 g/mol. The first-order chi connectivity index (χ1) is 26.0. The number of hydrogen-bond acceptors (Lipinski definition) is 10. The summed E-state index contributed by atoms with van der Waals surface area (Å²) in [6, 6.07) is 23.4. The van der Waals surface area contributed by atoms with Gasteiger partial charge in [0.1, 0.15) is 18.0 Å². The van der Waals surface area contributed by atoms with Crippen LogP contribution in [0.25, 0.3) is 0 Å². The van der Waals surface area contributed by atoms with Gasteiger partial charge < -0.3 is 49.3 Å². The molecule has 0 aliphatic heterocycles. The monoisotopic (exact) mass is 750 g/mol. The van der Waals surface area contributed by atoms with Crippen molar-refractivity contribution in [3.05, 3.63) is 101 Å². The van der Waals surface area contributed by atoms with Gasteiger partial charge in [0, 0.05) is 19.4 Å². The van der Waals surface area contributed by atoms with Crippen LogP contribution in [0.5, 0.6) is 5.75 Å². The Balaban J connectivity index is 1.38. The second kappa shape index (κ2) is 22.4. The highest BCUT2D eigenvalue weighted by Gasteiger charge is 2.35. The molecule has 3 unspecified atom stereocenters. The normalized spacial score (nSPS) is 16.9. The topological polar surface area (TPSA) is 154 Å². The van der Waals surface area contributed by atoms with Gasteiger partial charge in [0.15, 0.2) is 0 Å². The minimum absolute atomic E-state index is 0.0454. The minimum Gasteiger partial charge on any atom is -0.491 e. The van der Waals surface area contributed by atoms with Gasteiger partial charge in [-0.2, -0.15) is 0 Å². The summed E-state index contributed by atoms with van der Waals surface area (Å²) in [5.74, 6) is -0.341. The van der Waals surface area contributed by atoms with Gasteiger partial charge in [-0.3, -0.25) is 4.79 Å². The zero-order valence-corrected chi connectivity index (χ0v) is 32.0. The maximum atomic E-state index is 14.1. The summed E-state index contributed by atoms with van der Waals surface area (Å²) in [7, 11) is 1.63. The van der Waals surface area contributed by atoms with E-state index in [9.17, 15) is 19.8 Å². The van der Waals surface area contributed by atoms with E-state index in [0.29, 0.717) is 77.9 Å². The summed E-state index contributed by atoms with van der Waals surface area (Å²) < 4.78 is 32.7. The number of rotatable bonds is 23. The molecule has 54 heavy (non-hydrogen) atoms. The van der Waals surface area contributed by atoms with Crippen LogP contribution in [0.1, 0.15) is 55.5 Å². The number of carbonyl (C=O) groups is 2. The third-order valence-corrected chi connectivity index (χ3v) is 8.94. The Kier molecular flexibility index (Phi) is 17.7. The van der Waals surface area contributed by atoms with Crippen LogP contribution < -0.4 is 15.4 Å². The Morgan fingerprint density at radius 2 is 1.37 bits per heavy atom. The van der Waals surface area contributed by atoms with Crippen molar-refractivity contribution in [2.24, 2.45) is 5.92 Å². The molecule has 0 saturated carbocycles. The van der Waals surface area contributed by atoms with Crippen LogP contribution in [0.15, 0.2) is 78.9 Å². The molecule has 2 amide bonds. The van der Waals surface area contributed by atoms with Crippen molar-refractivity contribution in [1.82, 2.24) is 10.6 Å². The van der Waals surface area contributed by atoms with Crippen molar-refractivity contribution in [3.63, 3.8) is 0 Å². The van der Waals surface area contributed by atoms with Crippen molar-refractivity contribution >= 4 is 12.0 Å². The Bertz CT molecular complexity index is 1530. The Morgan fingerprint density at radius 3 is 2.02 bits per heavy atom. The van der Waals surface area contributed by atoms with Crippen molar-refractivity contribution in [3.8, 4) is 5.75 Å².